The normalized spacial score (nSPS) is 12.6. The number of aryl methyl sites for hydroxylation is 1. The summed E-state index contributed by atoms with van der Waals surface area (Å²) in [7, 11) is 1.59. The minimum atomic E-state index is -0.606. The van der Waals surface area contributed by atoms with Gasteiger partial charge in [0.05, 0.1) is 18.9 Å². The van der Waals surface area contributed by atoms with Gasteiger partial charge in [0, 0.05) is 6.20 Å². The largest absolute Gasteiger partial charge is 0.497 e. The summed E-state index contributed by atoms with van der Waals surface area (Å²) < 4.78 is 10.7. The molecule has 0 spiro atoms. The Bertz CT molecular complexity index is 779. The molecule has 0 aliphatic rings. The maximum Gasteiger partial charge on any atom is 0.418 e. The van der Waals surface area contributed by atoms with Crippen LogP contribution in [0.25, 0.3) is 0 Å². The van der Waals surface area contributed by atoms with Crippen LogP contribution in [0.5, 0.6) is 5.75 Å². The Balaban J connectivity index is 2.02. The van der Waals surface area contributed by atoms with Crippen LogP contribution in [-0.2, 0) is 11.2 Å². The van der Waals surface area contributed by atoms with E-state index in [4.69, 9.17) is 9.47 Å². The van der Waals surface area contributed by atoms with Crippen LogP contribution in [0.1, 0.15) is 39.2 Å². The van der Waals surface area contributed by atoms with E-state index < -0.39 is 17.8 Å². The Kier molecular flexibility index (Phi) is 8.28. The van der Waals surface area contributed by atoms with E-state index in [0.29, 0.717) is 24.3 Å². The van der Waals surface area contributed by atoms with Crippen molar-refractivity contribution in [2.24, 2.45) is 0 Å². The van der Waals surface area contributed by atoms with Crippen molar-refractivity contribution < 1.29 is 19.4 Å². The van der Waals surface area contributed by atoms with Crippen molar-refractivity contribution in [1.29, 1.82) is 0 Å². The van der Waals surface area contributed by atoms with Gasteiger partial charge < -0.3 is 14.6 Å². The Morgan fingerprint density at radius 3 is 2.34 bits per heavy atom. The van der Waals surface area contributed by atoms with Crippen LogP contribution < -0.4 is 9.64 Å². The molecule has 0 radical (unpaired) electrons. The fourth-order valence-corrected chi connectivity index (χ4v) is 2.73. The molecule has 0 bridgehead atoms. The summed E-state index contributed by atoms with van der Waals surface area (Å²) in [6, 6.07) is 17.2. The molecule has 0 fully saturated rings. The zero-order valence-electron chi connectivity index (χ0n) is 17.7. The SMILES string of the molecule is COc1ccc(N(/C=C/CC(O)CCc2ccccc2)C(=O)OC(C)(C)C)cc1. The highest BCUT2D eigenvalue weighted by molar-refractivity contribution is 5.89. The third-order valence-corrected chi connectivity index (χ3v) is 4.21. The van der Waals surface area contributed by atoms with Gasteiger partial charge in [-0.05, 0) is 69.9 Å². The van der Waals surface area contributed by atoms with Crippen molar-refractivity contribution in [3.8, 4) is 5.75 Å². The van der Waals surface area contributed by atoms with E-state index in [9.17, 15) is 9.90 Å². The van der Waals surface area contributed by atoms with E-state index >= 15 is 0 Å². The van der Waals surface area contributed by atoms with Gasteiger partial charge in [-0.1, -0.05) is 36.4 Å². The number of rotatable bonds is 8. The highest BCUT2D eigenvalue weighted by Crippen LogP contribution is 2.22. The van der Waals surface area contributed by atoms with E-state index in [2.05, 4.69) is 12.1 Å². The molecule has 1 unspecified atom stereocenters. The summed E-state index contributed by atoms with van der Waals surface area (Å²) in [6.07, 6.45) is 4.40. The van der Waals surface area contributed by atoms with E-state index in [-0.39, 0.29) is 0 Å². The lowest BCUT2D eigenvalue weighted by Gasteiger charge is -2.25. The predicted octanol–water partition coefficient (Wildman–Crippen LogP) is 5.33. The van der Waals surface area contributed by atoms with Gasteiger partial charge in [0.2, 0.25) is 0 Å². The number of hydrogen-bond acceptors (Lipinski definition) is 4. The van der Waals surface area contributed by atoms with Crippen molar-refractivity contribution in [1.82, 2.24) is 0 Å². The average molecular weight is 398 g/mol. The maximum atomic E-state index is 12.7. The van der Waals surface area contributed by atoms with Crippen LogP contribution in [0.3, 0.4) is 0 Å². The number of amides is 1. The lowest BCUT2D eigenvalue weighted by molar-refractivity contribution is 0.0596. The zero-order valence-corrected chi connectivity index (χ0v) is 17.7. The van der Waals surface area contributed by atoms with Gasteiger partial charge in [0.15, 0.2) is 0 Å². The van der Waals surface area contributed by atoms with Crippen molar-refractivity contribution in [2.45, 2.75) is 51.7 Å². The van der Waals surface area contributed by atoms with E-state index in [1.807, 2.05) is 39.0 Å². The van der Waals surface area contributed by atoms with Crippen LogP contribution in [0.15, 0.2) is 66.9 Å². The molecule has 2 rings (SSSR count). The molecule has 156 valence electrons. The molecule has 1 amide bonds. The van der Waals surface area contributed by atoms with Gasteiger partial charge >= 0.3 is 6.09 Å². The van der Waals surface area contributed by atoms with Gasteiger partial charge in [-0.2, -0.15) is 0 Å². The summed E-state index contributed by atoms with van der Waals surface area (Å²) in [4.78, 5) is 14.1. The standard InChI is InChI=1S/C24H31NO4/c1-24(2,3)29-23(27)25(20-13-16-22(28-4)17-14-20)18-8-11-21(26)15-12-19-9-6-5-7-10-19/h5-10,13-14,16-18,21,26H,11-12,15H2,1-4H3/b18-8+. The zero-order chi connectivity index (χ0) is 21.3. The van der Waals surface area contributed by atoms with Crippen LogP contribution >= 0.6 is 0 Å². The molecule has 5 heteroatoms. The number of hydrogen-bond donors (Lipinski definition) is 1. The van der Waals surface area contributed by atoms with Crippen LogP contribution in [-0.4, -0.2) is 30.0 Å². The number of carbonyl (C=O) groups excluding carboxylic acids is 1. The van der Waals surface area contributed by atoms with Crippen molar-refractivity contribution in [3.63, 3.8) is 0 Å². The molecular formula is C24H31NO4. The molecule has 1 atom stereocenters. The average Bonchev–Trinajstić information content (AvgIpc) is 2.69. The van der Waals surface area contributed by atoms with Crippen LogP contribution in [0, 0.1) is 0 Å². The molecule has 0 aromatic heterocycles. The molecule has 0 saturated heterocycles. The topological polar surface area (TPSA) is 59.0 Å². The number of benzene rings is 2. The number of aliphatic hydroxyl groups excluding tert-OH is 1. The minimum Gasteiger partial charge on any atom is -0.497 e. The van der Waals surface area contributed by atoms with Gasteiger partial charge in [-0.25, -0.2) is 4.79 Å². The predicted molar refractivity (Wildman–Crippen MR) is 116 cm³/mol. The molecule has 2 aromatic carbocycles. The lowest BCUT2D eigenvalue weighted by Crippen LogP contribution is -2.33. The number of aliphatic hydroxyl groups is 1. The Labute approximate surface area is 173 Å². The number of methoxy groups -OCH3 is 1. The van der Waals surface area contributed by atoms with E-state index in [1.54, 1.807) is 43.7 Å². The smallest absolute Gasteiger partial charge is 0.418 e. The molecule has 5 nitrogen and oxygen atoms in total. The molecule has 0 saturated carbocycles. The second-order valence-electron chi connectivity index (χ2n) is 7.85. The molecular weight excluding hydrogens is 366 g/mol. The number of carbonyl (C=O) groups is 1. The first kappa shape index (κ1) is 22.5. The van der Waals surface area contributed by atoms with Crippen molar-refractivity contribution >= 4 is 11.8 Å². The molecule has 2 aromatic rings. The monoisotopic (exact) mass is 397 g/mol. The maximum absolute atomic E-state index is 12.7. The second-order valence-corrected chi connectivity index (χ2v) is 7.85. The van der Waals surface area contributed by atoms with E-state index in [1.165, 1.54) is 10.5 Å². The van der Waals surface area contributed by atoms with Crippen molar-refractivity contribution in [3.05, 3.63) is 72.4 Å². The van der Waals surface area contributed by atoms with Gasteiger partial charge in [0.1, 0.15) is 11.4 Å². The fourth-order valence-electron chi connectivity index (χ4n) is 2.73. The van der Waals surface area contributed by atoms with Crippen molar-refractivity contribution in [2.75, 3.05) is 12.0 Å². The highest BCUT2D eigenvalue weighted by atomic mass is 16.6. The number of anilines is 1. The Morgan fingerprint density at radius 1 is 1.10 bits per heavy atom. The quantitative estimate of drug-likeness (QED) is 0.654. The fraction of sp³-hybridized carbons (Fsp3) is 0.375. The highest BCUT2D eigenvalue weighted by Gasteiger charge is 2.22. The van der Waals surface area contributed by atoms with E-state index in [0.717, 1.165) is 6.42 Å². The third kappa shape index (κ3) is 8.00. The van der Waals surface area contributed by atoms with Crippen LogP contribution in [0.2, 0.25) is 0 Å². The molecule has 1 N–H and O–H groups in total. The van der Waals surface area contributed by atoms with Gasteiger partial charge in [-0.3, -0.25) is 4.90 Å². The summed E-state index contributed by atoms with van der Waals surface area (Å²) >= 11 is 0. The second kappa shape index (κ2) is 10.7. The Morgan fingerprint density at radius 2 is 1.76 bits per heavy atom. The van der Waals surface area contributed by atoms with Gasteiger partial charge in [-0.15, -0.1) is 0 Å². The number of nitrogens with zero attached hydrogens (tertiary/aromatic N) is 1. The summed E-state index contributed by atoms with van der Waals surface area (Å²) in [5.74, 6) is 0.707. The Hall–Kier alpha value is -2.79. The summed E-state index contributed by atoms with van der Waals surface area (Å²) in [6.45, 7) is 5.48. The van der Waals surface area contributed by atoms with Gasteiger partial charge in [0.25, 0.3) is 0 Å². The summed E-state index contributed by atoms with van der Waals surface area (Å²) in [5, 5.41) is 10.3. The number of ether oxygens (including phenoxy) is 2. The molecule has 0 aliphatic heterocycles. The van der Waals surface area contributed by atoms with Crippen LogP contribution in [0.4, 0.5) is 10.5 Å². The summed E-state index contributed by atoms with van der Waals surface area (Å²) in [5.41, 5.74) is 1.25. The molecule has 0 aliphatic carbocycles. The lowest BCUT2D eigenvalue weighted by atomic mass is 10.1. The first-order valence-electron chi connectivity index (χ1n) is 9.83. The minimum absolute atomic E-state index is 0.447. The first-order valence-corrected chi connectivity index (χ1v) is 9.83. The molecule has 0 heterocycles. The molecule has 29 heavy (non-hydrogen) atoms. The first-order chi connectivity index (χ1) is 13.8. The third-order valence-electron chi connectivity index (χ3n) is 4.21.